The van der Waals surface area contributed by atoms with Crippen LogP contribution in [0.1, 0.15) is 31.2 Å². The van der Waals surface area contributed by atoms with E-state index in [4.69, 9.17) is 26.8 Å². The van der Waals surface area contributed by atoms with Crippen molar-refractivity contribution in [1.82, 2.24) is 19.7 Å². The number of amides is 1. The quantitative estimate of drug-likeness (QED) is 0.545. The topological polar surface area (TPSA) is 105 Å². The van der Waals surface area contributed by atoms with Crippen LogP contribution in [0.15, 0.2) is 36.9 Å². The Kier molecular flexibility index (Phi) is 6.55. The van der Waals surface area contributed by atoms with Crippen LogP contribution in [0.25, 0.3) is 16.9 Å². The average molecular weight is 460 g/mol. The lowest BCUT2D eigenvalue weighted by atomic mass is 9.88. The molecule has 1 amide bonds. The third kappa shape index (κ3) is 4.83. The SMILES string of the molecule is Cc1cccc(F)c1-n1cc(-c2ncnc(Cl)c2OC[C@H]2CCC[C@@H](OC(N)=O)C2)cn1. The van der Waals surface area contributed by atoms with Crippen LogP contribution in [0.4, 0.5) is 9.18 Å². The number of benzene rings is 1. The molecule has 1 fully saturated rings. The average Bonchev–Trinajstić information content (AvgIpc) is 3.22. The van der Waals surface area contributed by atoms with E-state index in [1.807, 2.05) is 13.0 Å². The third-order valence-electron chi connectivity index (χ3n) is 5.51. The maximum Gasteiger partial charge on any atom is 0.404 e. The predicted molar refractivity (Wildman–Crippen MR) is 116 cm³/mol. The van der Waals surface area contributed by atoms with Gasteiger partial charge in [-0.3, -0.25) is 0 Å². The molecular weight excluding hydrogens is 437 g/mol. The van der Waals surface area contributed by atoms with Crippen molar-refractivity contribution >= 4 is 17.7 Å². The summed E-state index contributed by atoms with van der Waals surface area (Å²) in [6.45, 7) is 2.18. The zero-order chi connectivity index (χ0) is 22.7. The highest BCUT2D eigenvalue weighted by atomic mass is 35.5. The van der Waals surface area contributed by atoms with Gasteiger partial charge in [-0.05, 0) is 50.2 Å². The van der Waals surface area contributed by atoms with Crippen molar-refractivity contribution in [3.8, 4) is 22.7 Å². The van der Waals surface area contributed by atoms with E-state index in [-0.39, 0.29) is 23.0 Å². The first-order valence-corrected chi connectivity index (χ1v) is 10.7. The molecule has 2 aromatic heterocycles. The van der Waals surface area contributed by atoms with Gasteiger partial charge in [0.1, 0.15) is 29.6 Å². The van der Waals surface area contributed by atoms with Crippen molar-refractivity contribution in [2.75, 3.05) is 6.61 Å². The van der Waals surface area contributed by atoms with Gasteiger partial charge in [-0.1, -0.05) is 23.7 Å². The first-order valence-electron chi connectivity index (χ1n) is 10.3. The fourth-order valence-electron chi connectivity index (χ4n) is 4.03. The van der Waals surface area contributed by atoms with E-state index >= 15 is 0 Å². The van der Waals surface area contributed by atoms with Gasteiger partial charge in [0, 0.05) is 11.8 Å². The minimum Gasteiger partial charge on any atom is -0.488 e. The van der Waals surface area contributed by atoms with Crippen molar-refractivity contribution in [2.24, 2.45) is 11.7 Å². The Labute approximate surface area is 189 Å². The molecule has 0 unspecified atom stereocenters. The highest BCUT2D eigenvalue weighted by Gasteiger charge is 2.26. The molecule has 0 radical (unpaired) electrons. The van der Waals surface area contributed by atoms with Gasteiger partial charge in [0.2, 0.25) is 0 Å². The Morgan fingerprint density at radius 2 is 2.19 bits per heavy atom. The summed E-state index contributed by atoms with van der Waals surface area (Å²) in [4.78, 5) is 19.4. The molecule has 32 heavy (non-hydrogen) atoms. The molecule has 8 nitrogen and oxygen atoms in total. The van der Waals surface area contributed by atoms with Gasteiger partial charge in [0.05, 0.1) is 12.8 Å². The van der Waals surface area contributed by atoms with Crippen LogP contribution in [0.2, 0.25) is 5.15 Å². The number of para-hydroxylation sites is 1. The molecule has 3 aromatic rings. The van der Waals surface area contributed by atoms with E-state index in [0.29, 0.717) is 35.7 Å². The van der Waals surface area contributed by atoms with E-state index in [2.05, 4.69) is 15.1 Å². The van der Waals surface area contributed by atoms with Gasteiger partial charge >= 0.3 is 6.09 Å². The van der Waals surface area contributed by atoms with Crippen LogP contribution in [-0.2, 0) is 4.74 Å². The molecule has 0 bridgehead atoms. The van der Waals surface area contributed by atoms with Crippen LogP contribution in [0.5, 0.6) is 5.75 Å². The zero-order valence-corrected chi connectivity index (χ0v) is 18.3. The largest absolute Gasteiger partial charge is 0.488 e. The molecule has 4 rings (SSSR count). The maximum absolute atomic E-state index is 14.4. The Morgan fingerprint density at radius 3 is 2.97 bits per heavy atom. The second kappa shape index (κ2) is 9.52. The number of primary amides is 1. The van der Waals surface area contributed by atoms with Crippen molar-refractivity contribution in [3.05, 3.63) is 53.5 Å². The maximum atomic E-state index is 14.4. The molecule has 0 saturated heterocycles. The van der Waals surface area contributed by atoms with Gasteiger partial charge in [0.25, 0.3) is 0 Å². The second-order valence-electron chi connectivity index (χ2n) is 7.82. The number of nitrogens with zero attached hydrogens (tertiary/aromatic N) is 4. The second-order valence-corrected chi connectivity index (χ2v) is 8.18. The number of hydrogen-bond acceptors (Lipinski definition) is 6. The fourth-order valence-corrected chi connectivity index (χ4v) is 4.22. The lowest BCUT2D eigenvalue weighted by Crippen LogP contribution is -2.30. The van der Waals surface area contributed by atoms with E-state index in [9.17, 15) is 9.18 Å². The van der Waals surface area contributed by atoms with Gasteiger partial charge < -0.3 is 15.2 Å². The van der Waals surface area contributed by atoms with E-state index in [0.717, 1.165) is 24.8 Å². The summed E-state index contributed by atoms with van der Waals surface area (Å²) in [5, 5.41) is 4.47. The molecular formula is C22H23ClFN5O3. The molecule has 0 aliphatic heterocycles. The normalized spacial score (nSPS) is 18.3. The first kappa shape index (κ1) is 22.0. The van der Waals surface area contributed by atoms with Crippen molar-refractivity contribution in [1.29, 1.82) is 0 Å². The van der Waals surface area contributed by atoms with Crippen LogP contribution in [0.3, 0.4) is 0 Å². The number of carbonyl (C=O) groups is 1. The van der Waals surface area contributed by atoms with Crippen LogP contribution >= 0.6 is 11.6 Å². The fraction of sp³-hybridized carbons (Fsp3) is 0.364. The predicted octanol–water partition coefficient (Wildman–Crippen LogP) is 4.46. The van der Waals surface area contributed by atoms with E-state index in [1.54, 1.807) is 18.5 Å². The summed E-state index contributed by atoms with van der Waals surface area (Å²) >= 11 is 6.32. The summed E-state index contributed by atoms with van der Waals surface area (Å²) in [5.74, 6) is 0.125. The summed E-state index contributed by atoms with van der Waals surface area (Å²) in [6, 6.07) is 4.85. The molecule has 10 heteroatoms. The highest BCUT2D eigenvalue weighted by molar-refractivity contribution is 6.31. The number of halogens is 2. The number of ether oxygens (including phenoxy) is 2. The molecule has 168 valence electrons. The van der Waals surface area contributed by atoms with Crippen molar-refractivity contribution < 1.29 is 18.7 Å². The molecule has 2 N–H and O–H groups in total. The number of aromatic nitrogens is 4. The number of rotatable bonds is 6. The zero-order valence-electron chi connectivity index (χ0n) is 17.5. The summed E-state index contributed by atoms with van der Waals surface area (Å²) in [5.41, 5.74) is 7.34. The van der Waals surface area contributed by atoms with Crippen molar-refractivity contribution in [3.63, 3.8) is 0 Å². The number of hydrogen-bond donors (Lipinski definition) is 1. The standard InChI is InChI=1S/C22H23ClFN5O3/c1-13-4-2-7-17(24)19(13)29-10-15(9-28-29)18-20(21(23)27-12-26-18)31-11-14-5-3-6-16(8-14)32-22(25)30/h2,4,7,9-10,12,14,16H,3,5-6,8,11H2,1H3,(H2,25,30)/t14-,16+/m0/s1. The Bertz CT molecular complexity index is 1100. The molecule has 0 spiro atoms. The molecule has 1 aliphatic rings. The van der Waals surface area contributed by atoms with Gasteiger partial charge in [-0.2, -0.15) is 5.10 Å². The minimum atomic E-state index is -0.763. The Balaban J connectivity index is 1.54. The smallest absolute Gasteiger partial charge is 0.404 e. The Hall–Kier alpha value is -3.20. The first-order chi connectivity index (χ1) is 15.4. The number of aryl methyl sites for hydroxylation is 1. The van der Waals surface area contributed by atoms with E-state index < -0.39 is 6.09 Å². The monoisotopic (exact) mass is 459 g/mol. The van der Waals surface area contributed by atoms with Crippen LogP contribution < -0.4 is 10.5 Å². The number of nitrogens with two attached hydrogens (primary N) is 1. The van der Waals surface area contributed by atoms with Gasteiger partial charge in [-0.15, -0.1) is 0 Å². The lowest BCUT2D eigenvalue weighted by Gasteiger charge is -2.28. The van der Waals surface area contributed by atoms with Crippen molar-refractivity contribution in [2.45, 2.75) is 38.7 Å². The van der Waals surface area contributed by atoms with E-state index in [1.165, 1.54) is 17.1 Å². The minimum absolute atomic E-state index is 0.168. The molecule has 1 saturated carbocycles. The highest BCUT2D eigenvalue weighted by Crippen LogP contribution is 2.35. The summed E-state index contributed by atoms with van der Waals surface area (Å²) in [7, 11) is 0. The number of carbonyl (C=O) groups excluding carboxylic acids is 1. The third-order valence-corrected chi connectivity index (χ3v) is 5.78. The molecule has 1 aromatic carbocycles. The Morgan fingerprint density at radius 1 is 1.34 bits per heavy atom. The van der Waals surface area contributed by atoms with Gasteiger partial charge in [-0.25, -0.2) is 23.8 Å². The molecule has 2 heterocycles. The summed E-state index contributed by atoms with van der Waals surface area (Å²) in [6.07, 6.45) is 6.91. The van der Waals surface area contributed by atoms with Crippen LogP contribution in [0, 0.1) is 18.7 Å². The van der Waals surface area contributed by atoms with Gasteiger partial charge in [0.15, 0.2) is 10.9 Å². The van der Waals surface area contributed by atoms with Crippen LogP contribution in [-0.4, -0.2) is 38.6 Å². The summed E-state index contributed by atoms with van der Waals surface area (Å²) < 4.78 is 27.0. The lowest BCUT2D eigenvalue weighted by molar-refractivity contribution is 0.0549. The molecule has 2 atom stereocenters. The molecule has 1 aliphatic carbocycles.